The minimum atomic E-state index is 0.0944. The first-order valence-corrected chi connectivity index (χ1v) is 9.41. The van der Waals surface area contributed by atoms with E-state index in [1.807, 2.05) is 18.3 Å². The number of hydrogen-bond acceptors (Lipinski definition) is 2. The Morgan fingerprint density at radius 3 is 2.69 bits per heavy atom. The minimum absolute atomic E-state index is 0.0944. The molecule has 2 aromatic carbocycles. The van der Waals surface area contributed by atoms with Crippen molar-refractivity contribution < 1.29 is 4.79 Å². The lowest BCUT2D eigenvalue weighted by Crippen LogP contribution is -2.25. The molecular formula is C22H25N3O. The molecule has 0 unspecified atom stereocenters. The standard InChI is InChI=1S/C22H25N3O/c1-16-17(18-7-5-9-21-19(18)10-12-23-21)6-4-8-20(16)24-22(26)11-15-25-13-2-3-14-25/h4-10,12,23H,2-3,11,13-15H2,1H3,(H,24,26). The van der Waals surface area contributed by atoms with Gasteiger partial charge in [-0.05, 0) is 67.7 Å². The highest BCUT2D eigenvalue weighted by atomic mass is 16.1. The van der Waals surface area contributed by atoms with Crippen LogP contribution >= 0.6 is 0 Å². The molecule has 1 aliphatic rings. The highest BCUT2D eigenvalue weighted by Gasteiger charge is 2.14. The van der Waals surface area contributed by atoms with Crippen LogP contribution in [0.4, 0.5) is 5.69 Å². The van der Waals surface area contributed by atoms with E-state index in [9.17, 15) is 4.79 Å². The molecule has 3 aromatic rings. The largest absolute Gasteiger partial charge is 0.361 e. The Morgan fingerprint density at radius 1 is 1.08 bits per heavy atom. The summed E-state index contributed by atoms with van der Waals surface area (Å²) in [5.74, 6) is 0.0944. The molecule has 1 fully saturated rings. The Hall–Kier alpha value is -2.59. The van der Waals surface area contributed by atoms with Gasteiger partial charge in [0.05, 0.1) is 0 Å². The van der Waals surface area contributed by atoms with E-state index in [-0.39, 0.29) is 5.91 Å². The van der Waals surface area contributed by atoms with Crippen molar-refractivity contribution >= 4 is 22.5 Å². The topological polar surface area (TPSA) is 48.1 Å². The van der Waals surface area contributed by atoms with Gasteiger partial charge in [0.2, 0.25) is 5.91 Å². The smallest absolute Gasteiger partial charge is 0.225 e. The maximum atomic E-state index is 12.4. The number of anilines is 1. The van der Waals surface area contributed by atoms with Gasteiger partial charge in [-0.1, -0.05) is 24.3 Å². The molecule has 1 aromatic heterocycles. The molecule has 4 rings (SSSR count). The van der Waals surface area contributed by atoms with Gasteiger partial charge in [0.25, 0.3) is 0 Å². The first-order valence-electron chi connectivity index (χ1n) is 9.41. The fraction of sp³-hybridized carbons (Fsp3) is 0.318. The number of nitrogens with zero attached hydrogens (tertiary/aromatic N) is 1. The summed E-state index contributed by atoms with van der Waals surface area (Å²) in [6.45, 7) is 5.19. The molecule has 0 bridgehead atoms. The van der Waals surface area contributed by atoms with E-state index in [1.54, 1.807) is 0 Å². The molecule has 4 heteroatoms. The van der Waals surface area contributed by atoms with E-state index >= 15 is 0 Å². The highest BCUT2D eigenvalue weighted by molar-refractivity contribution is 5.98. The number of rotatable bonds is 5. The second-order valence-electron chi connectivity index (χ2n) is 7.07. The van der Waals surface area contributed by atoms with Crippen molar-refractivity contribution in [2.75, 3.05) is 25.0 Å². The van der Waals surface area contributed by atoms with Crippen LogP contribution in [0, 0.1) is 6.92 Å². The van der Waals surface area contributed by atoms with Crippen molar-refractivity contribution in [3.8, 4) is 11.1 Å². The number of aromatic amines is 1. The molecule has 0 saturated carbocycles. The second kappa shape index (κ2) is 7.34. The number of likely N-dealkylation sites (tertiary alicyclic amines) is 1. The Morgan fingerprint density at radius 2 is 1.85 bits per heavy atom. The van der Waals surface area contributed by atoms with Crippen LogP contribution < -0.4 is 5.32 Å². The monoisotopic (exact) mass is 347 g/mol. The summed E-state index contributed by atoms with van der Waals surface area (Å²) in [6, 6.07) is 14.5. The predicted molar refractivity (Wildman–Crippen MR) is 107 cm³/mol. The number of amides is 1. The van der Waals surface area contributed by atoms with E-state index < -0.39 is 0 Å². The van der Waals surface area contributed by atoms with Crippen molar-refractivity contribution in [2.45, 2.75) is 26.2 Å². The molecule has 0 aliphatic carbocycles. The molecule has 1 aliphatic heterocycles. The number of benzene rings is 2. The van der Waals surface area contributed by atoms with E-state index in [4.69, 9.17) is 0 Å². The Kier molecular flexibility index (Phi) is 4.76. The fourth-order valence-electron chi connectivity index (χ4n) is 3.86. The van der Waals surface area contributed by atoms with Gasteiger partial charge in [-0.2, -0.15) is 0 Å². The molecule has 26 heavy (non-hydrogen) atoms. The third-order valence-electron chi connectivity index (χ3n) is 5.35. The average Bonchev–Trinajstić information content (AvgIpc) is 3.33. The van der Waals surface area contributed by atoms with Crippen molar-refractivity contribution in [3.63, 3.8) is 0 Å². The van der Waals surface area contributed by atoms with Crippen LogP contribution in [0.2, 0.25) is 0 Å². The fourth-order valence-corrected chi connectivity index (χ4v) is 3.86. The minimum Gasteiger partial charge on any atom is -0.361 e. The van der Waals surface area contributed by atoms with Crippen LogP contribution in [0.3, 0.4) is 0 Å². The van der Waals surface area contributed by atoms with Gasteiger partial charge in [0.15, 0.2) is 0 Å². The molecule has 2 heterocycles. The number of hydrogen-bond donors (Lipinski definition) is 2. The Balaban J connectivity index is 1.54. The lowest BCUT2D eigenvalue weighted by atomic mass is 9.96. The van der Waals surface area contributed by atoms with Gasteiger partial charge in [-0.15, -0.1) is 0 Å². The van der Waals surface area contributed by atoms with Crippen molar-refractivity contribution in [2.24, 2.45) is 0 Å². The Bertz CT molecular complexity index is 922. The number of aromatic nitrogens is 1. The van der Waals surface area contributed by atoms with E-state index in [1.165, 1.54) is 23.8 Å². The lowest BCUT2D eigenvalue weighted by molar-refractivity contribution is -0.116. The van der Waals surface area contributed by atoms with Crippen molar-refractivity contribution in [1.29, 1.82) is 0 Å². The van der Waals surface area contributed by atoms with Gasteiger partial charge in [0, 0.05) is 35.8 Å². The van der Waals surface area contributed by atoms with E-state index in [0.717, 1.165) is 42.0 Å². The number of carbonyl (C=O) groups is 1. The van der Waals surface area contributed by atoms with Crippen LogP contribution in [0.15, 0.2) is 48.7 Å². The first kappa shape index (κ1) is 16.9. The van der Waals surface area contributed by atoms with Crippen molar-refractivity contribution in [1.82, 2.24) is 9.88 Å². The summed E-state index contributed by atoms with van der Waals surface area (Å²) in [7, 11) is 0. The number of nitrogens with one attached hydrogen (secondary N) is 2. The molecular weight excluding hydrogens is 322 g/mol. The van der Waals surface area contributed by atoms with Crippen LogP contribution in [-0.4, -0.2) is 35.4 Å². The Labute approximate surface area is 154 Å². The van der Waals surface area contributed by atoms with Crippen LogP contribution in [0.1, 0.15) is 24.8 Å². The van der Waals surface area contributed by atoms with Gasteiger partial charge >= 0.3 is 0 Å². The summed E-state index contributed by atoms with van der Waals surface area (Å²) in [4.78, 5) is 18.0. The third-order valence-corrected chi connectivity index (χ3v) is 5.35. The maximum Gasteiger partial charge on any atom is 0.225 e. The molecule has 0 atom stereocenters. The molecule has 4 nitrogen and oxygen atoms in total. The molecule has 2 N–H and O–H groups in total. The van der Waals surface area contributed by atoms with Gasteiger partial charge in [-0.3, -0.25) is 4.79 Å². The zero-order valence-corrected chi connectivity index (χ0v) is 15.2. The zero-order chi connectivity index (χ0) is 17.9. The summed E-state index contributed by atoms with van der Waals surface area (Å²) in [5.41, 5.74) is 5.49. The molecule has 0 radical (unpaired) electrons. The van der Waals surface area contributed by atoms with Crippen molar-refractivity contribution in [3.05, 3.63) is 54.2 Å². The van der Waals surface area contributed by atoms with Crippen LogP contribution in [0.25, 0.3) is 22.0 Å². The predicted octanol–water partition coefficient (Wildman–Crippen LogP) is 4.57. The summed E-state index contributed by atoms with van der Waals surface area (Å²) < 4.78 is 0. The molecule has 134 valence electrons. The summed E-state index contributed by atoms with van der Waals surface area (Å²) in [5, 5.41) is 4.31. The van der Waals surface area contributed by atoms with Gasteiger partial charge in [-0.25, -0.2) is 0 Å². The van der Waals surface area contributed by atoms with Crippen LogP contribution in [0.5, 0.6) is 0 Å². The molecule has 1 saturated heterocycles. The van der Waals surface area contributed by atoms with Gasteiger partial charge in [0.1, 0.15) is 0 Å². The molecule has 1 amide bonds. The number of H-pyrrole nitrogens is 1. The summed E-state index contributed by atoms with van der Waals surface area (Å²) >= 11 is 0. The van der Waals surface area contributed by atoms with Gasteiger partial charge < -0.3 is 15.2 Å². The summed E-state index contributed by atoms with van der Waals surface area (Å²) in [6.07, 6.45) is 5.03. The van der Waals surface area contributed by atoms with E-state index in [0.29, 0.717) is 6.42 Å². The maximum absolute atomic E-state index is 12.4. The SMILES string of the molecule is Cc1c(NC(=O)CCN2CCCC2)cccc1-c1cccc2[nH]ccc12. The number of carbonyl (C=O) groups excluding carboxylic acids is 1. The lowest BCUT2D eigenvalue weighted by Gasteiger charge is -2.16. The normalized spacial score (nSPS) is 14.8. The highest BCUT2D eigenvalue weighted by Crippen LogP contribution is 2.33. The zero-order valence-electron chi connectivity index (χ0n) is 15.2. The number of fused-ring (bicyclic) bond motifs is 1. The molecule has 0 spiro atoms. The second-order valence-corrected chi connectivity index (χ2v) is 7.07. The quantitative estimate of drug-likeness (QED) is 0.710. The van der Waals surface area contributed by atoms with E-state index in [2.05, 4.69) is 52.5 Å². The third kappa shape index (κ3) is 3.37. The first-order chi connectivity index (χ1) is 12.7. The average molecular weight is 347 g/mol. The van der Waals surface area contributed by atoms with Crippen LogP contribution in [-0.2, 0) is 4.79 Å².